The Hall–Kier alpha value is -1.09. The third-order valence-corrected chi connectivity index (χ3v) is 2.41. The molecule has 0 radical (unpaired) electrons. The van der Waals surface area contributed by atoms with E-state index in [2.05, 4.69) is 15.9 Å². The Labute approximate surface area is 83.7 Å². The van der Waals surface area contributed by atoms with Crippen molar-refractivity contribution in [3.63, 3.8) is 0 Å². The summed E-state index contributed by atoms with van der Waals surface area (Å²) in [6, 6.07) is 5.78. The van der Waals surface area contributed by atoms with Crippen LogP contribution in [0.3, 0.4) is 0 Å². The molecule has 2 rings (SSSR count). The molecule has 1 heterocycles. The van der Waals surface area contributed by atoms with Gasteiger partial charge in [-0.3, -0.25) is 0 Å². The van der Waals surface area contributed by atoms with E-state index in [1.807, 2.05) is 18.2 Å². The van der Waals surface area contributed by atoms with Crippen LogP contribution in [-0.2, 0) is 11.2 Å². The summed E-state index contributed by atoms with van der Waals surface area (Å²) in [5.74, 6) is 0. The van der Waals surface area contributed by atoms with E-state index in [0.717, 1.165) is 27.3 Å². The van der Waals surface area contributed by atoms with E-state index in [4.69, 9.17) is 4.42 Å². The summed E-state index contributed by atoms with van der Waals surface area (Å²) < 4.78 is 6.27. The van der Waals surface area contributed by atoms with Gasteiger partial charge in [-0.15, -0.1) is 0 Å². The first-order chi connectivity index (χ1) is 6.31. The summed E-state index contributed by atoms with van der Waals surface area (Å²) >= 11 is 3.35. The number of hydrogen-bond acceptors (Lipinski definition) is 2. The van der Waals surface area contributed by atoms with Crippen LogP contribution in [-0.4, -0.2) is 6.29 Å². The van der Waals surface area contributed by atoms with Gasteiger partial charge in [-0.25, -0.2) is 0 Å². The van der Waals surface area contributed by atoms with E-state index in [1.54, 1.807) is 6.26 Å². The lowest BCUT2D eigenvalue weighted by atomic mass is 10.1. The predicted molar refractivity (Wildman–Crippen MR) is 53.7 cm³/mol. The van der Waals surface area contributed by atoms with Crippen LogP contribution in [0.4, 0.5) is 0 Å². The van der Waals surface area contributed by atoms with Crippen LogP contribution in [0.5, 0.6) is 0 Å². The van der Waals surface area contributed by atoms with Crippen molar-refractivity contribution in [2.75, 3.05) is 0 Å². The molecule has 1 aromatic heterocycles. The van der Waals surface area contributed by atoms with Gasteiger partial charge in [-0.1, -0.05) is 15.9 Å². The van der Waals surface area contributed by atoms with Gasteiger partial charge in [0.25, 0.3) is 0 Å². The van der Waals surface area contributed by atoms with E-state index in [9.17, 15) is 4.79 Å². The van der Waals surface area contributed by atoms with Crippen molar-refractivity contribution in [3.8, 4) is 0 Å². The average Bonchev–Trinajstić information content (AvgIpc) is 2.49. The minimum Gasteiger partial charge on any atom is -0.464 e. The van der Waals surface area contributed by atoms with Crippen LogP contribution in [0, 0.1) is 0 Å². The maximum Gasteiger partial charge on any atom is 0.135 e. The summed E-state index contributed by atoms with van der Waals surface area (Å²) in [7, 11) is 0. The quantitative estimate of drug-likeness (QED) is 0.754. The van der Waals surface area contributed by atoms with Crippen LogP contribution in [0.2, 0.25) is 0 Å². The van der Waals surface area contributed by atoms with Gasteiger partial charge in [0.15, 0.2) is 0 Å². The van der Waals surface area contributed by atoms with E-state index in [0.29, 0.717) is 6.42 Å². The van der Waals surface area contributed by atoms with Crippen LogP contribution in [0.1, 0.15) is 5.56 Å². The zero-order valence-electron chi connectivity index (χ0n) is 6.79. The van der Waals surface area contributed by atoms with Crippen molar-refractivity contribution >= 4 is 33.2 Å². The number of aldehydes is 1. The lowest BCUT2D eigenvalue weighted by Gasteiger charge is -1.91. The largest absolute Gasteiger partial charge is 0.464 e. The molecule has 0 saturated heterocycles. The highest BCUT2D eigenvalue weighted by atomic mass is 79.9. The molecule has 13 heavy (non-hydrogen) atoms. The smallest absolute Gasteiger partial charge is 0.135 e. The molecule has 0 saturated carbocycles. The first-order valence-electron chi connectivity index (χ1n) is 3.90. The fraction of sp³-hybridized carbons (Fsp3) is 0.100. The molecule has 0 unspecified atom stereocenters. The molecule has 2 nitrogen and oxygen atoms in total. The molecular weight excluding hydrogens is 232 g/mol. The number of furan rings is 1. The SMILES string of the molecule is O=CCc1coc2cc(Br)ccc12. The van der Waals surface area contributed by atoms with Gasteiger partial charge >= 0.3 is 0 Å². The third-order valence-electron chi connectivity index (χ3n) is 1.92. The second kappa shape index (κ2) is 3.34. The summed E-state index contributed by atoms with van der Waals surface area (Å²) in [5.41, 5.74) is 1.75. The lowest BCUT2D eigenvalue weighted by Crippen LogP contribution is -1.81. The fourth-order valence-corrected chi connectivity index (χ4v) is 1.64. The highest BCUT2D eigenvalue weighted by Crippen LogP contribution is 2.24. The molecule has 0 aliphatic rings. The molecular formula is C10H7BrO2. The number of carbonyl (C=O) groups is 1. The Kier molecular flexibility index (Phi) is 2.19. The zero-order valence-corrected chi connectivity index (χ0v) is 8.37. The van der Waals surface area contributed by atoms with Gasteiger partial charge in [0, 0.05) is 21.8 Å². The zero-order chi connectivity index (χ0) is 9.26. The summed E-state index contributed by atoms with van der Waals surface area (Å²) in [4.78, 5) is 10.3. The van der Waals surface area contributed by atoms with Crippen molar-refractivity contribution in [1.82, 2.24) is 0 Å². The van der Waals surface area contributed by atoms with E-state index in [1.165, 1.54) is 0 Å². The van der Waals surface area contributed by atoms with Crippen molar-refractivity contribution in [2.24, 2.45) is 0 Å². The Bertz CT molecular complexity index is 445. The molecule has 66 valence electrons. The minimum atomic E-state index is 0.411. The number of rotatable bonds is 2. The Morgan fingerprint density at radius 2 is 2.31 bits per heavy atom. The highest BCUT2D eigenvalue weighted by molar-refractivity contribution is 9.10. The summed E-state index contributed by atoms with van der Waals surface area (Å²) in [5, 5.41) is 1.01. The van der Waals surface area contributed by atoms with Crippen molar-refractivity contribution in [3.05, 3.63) is 34.5 Å². The number of carbonyl (C=O) groups excluding carboxylic acids is 1. The monoisotopic (exact) mass is 238 g/mol. The van der Waals surface area contributed by atoms with Gasteiger partial charge in [-0.05, 0) is 18.2 Å². The standard InChI is InChI=1S/C10H7BrO2/c11-8-1-2-9-7(3-4-12)6-13-10(9)5-8/h1-2,4-6H,3H2. The van der Waals surface area contributed by atoms with Crippen molar-refractivity contribution < 1.29 is 9.21 Å². The number of halogens is 1. The van der Waals surface area contributed by atoms with Gasteiger partial charge < -0.3 is 9.21 Å². The van der Waals surface area contributed by atoms with Gasteiger partial charge in [-0.2, -0.15) is 0 Å². The number of fused-ring (bicyclic) bond motifs is 1. The van der Waals surface area contributed by atoms with E-state index < -0.39 is 0 Å². The Morgan fingerprint density at radius 1 is 1.46 bits per heavy atom. The second-order valence-electron chi connectivity index (χ2n) is 2.77. The topological polar surface area (TPSA) is 30.2 Å². The van der Waals surface area contributed by atoms with Crippen LogP contribution < -0.4 is 0 Å². The predicted octanol–water partition coefficient (Wildman–Crippen LogP) is 2.94. The minimum absolute atomic E-state index is 0.411. The normalized spacial score (nSPS) is 10.5. The third kappa shape index (κ3) is 1.52. The van der Waals surface area contributed by atoms with Gasteiger partial charge in [0.2, 0.25) is 0 Å². The van der Waals surface area contributed by atoms with Crippen molar-refractivity contribution in [2.45, 2.75) is 6.42 Å². The molecule has 0 fully saturated rings. The van der Waals surface area contributed by atoms with Crippen LogP contribution in [0.15, 0.2) is 33.4 Å². The number of benzene rings is 1. The number of hydrogen-bond donors (Lipinski definition) is 0. The molecule has 1 aromatic carbocycles. The maximum absolute atomic E-state index is 10.3. The van der Waals surface area contributed by atoms with E-state index in [-0.39, 0.29) is 0 Å². The molecule has 0 N–H and O–H groups in total. The summed E-state index contributed by atoms with van der Waals surface area (Å²) in [6.45, 7) is 0. The molecule has 0 aliphatic heterocycles. The molecule has 0 bridgehead atoms. The van der Waals surface area contributed by atoms with E-state index >= 15 is 0 Å². The Morgan fingerprint density at radius 3 is 3.08 bits per heavy atom. The fourth-order valence-electron chi connectivity index (χ4n) is 1.30. The molecule has 0 amide bonds. The molecule has 0 spiro atoms. The molecule has 0 atom stereocenters. The molecule has 0 aliphatic carbocycles. The van der Waals surface area contributed by atoms with Crippen LogP contribution >= 0.6 is 15.9 Å². The second-order valence-corrected chi connectivity index (χ2v) is 3.69. The maximum atomic E-state index is 10.3. The Balaban J connectivity index is 2.61. The first-order valence-corrected chi connectivity index (χ1v) is 4.70. The average molecular weight is 239 g/mol. The van der Waals surface area contributed by atoms with Gasteiger partial charge in [0.1, 0.15) is 11.9 Å². The lowest BCUT2D eigenvalue weighted by molar-refractivity contribution is -0.107. The highest BCUT2D eigenvalue weighted by Gasteiger charge is 2.04. The van der Waals surface area contributed by atoms with Crippen molar-refractivity contribution in [1.29, 1.82) is 0 Å². The first kappa shape index (κ1) is 8.51. The molecule has 3 heteroatoms. The van der Waals surface area contributed by atoms with Crippen LogP contribution in [0.25, 0.3) is 11.0 Å². The van der Waals surface area contributed by atoms with Gasteiger partial charge in [0.05, 0.1) is 6.26 Å². The summed E-state index contributed by atoms with van der Waals surface area (Å²) in [6.07, 6.45) is 2.92. The molecule has 2 aromatic rings.